The Bertz CT molecular complexity index is 549. The zero-order valence-corrected chi connectivity index (χ0v) is 11.1. The number of aromatic hydroxyl groups is 1. The van der Waals surface area contributed by atoms with E-state index in [1.807, 2.05) is 19.1 Å². The lowest BCUT2D eigenvalue weighted by Crippen LogP contribution is -2.08. The van der Waals surface area contributed by atoms with Crippen molar-refractivity contribution in [1.82, 2.24) is 0 Å². The van der Waals surface area contributed by atoms with Crippen molar-refractivity contribution >= 4 is 5.69 Å². The van der Waals surface area contributed by atoms with Gasteiger partial charge in [-0.1, -0.05) is 24.3 Å². The second-order valence-corrected chi connectivity index (χ2v) is 4.72. The van der Waals surface area contributed by atoms with Gasteiger partial charge in [-0.15, -0.1) is 0 Å². The number of benzene rings is 2. The molecule has 1 atom stereocenters. The van der Waals surface area contributed by atoms with Crippen molar-refractivity contribution in [3.8, 4) is 5.75 Å². The summed E-state index contributed by atoms with van der Waals surface area (Å²) in [7, 11) is 0. The van der Waals surface area contributed by atoms with Crippen LogP contribution in [-0.2, 0) is 0 Å². The number of rotatable bonds is 3. The van der Waals surface area contributed by atoms with Crippen molar-refractivity contribution in [2.75, 3.05) is 5.32 Å². The minimum absolute atomic E-state index is 0.246. The molecule has 2 aromatic carbocycles. The number of nitrogens with one attached hydrogen (secondary N) is 1. The Morgan fingerprint density at radius 1 is 1.00 bits per heavy atom. The summed E-state index contributed by atoms with van der Waals surface area (Å²) in [6, 6.07) is 14.2. The lowest BCUT2D eigenvalue weighted by molar-refractivity contribution is 0.471. The van der Waals surface area contributed by atoms with Crippen LogP contribution in [0.25, 0.3) is 0 Å². The standard InChI is InChI=1S/C16H19NO/c1-11-6-4-5-7-15(11)13(3)17-14-8-9-16(18)12(2)10-14/h4-10,13,17-18H,1-3H3. The summed E-state index contributed by atoms with van der Waals surface area (Å²) in [5.41, 5.74) is 4.49. The van der Waals surface area contributed by atoms with Gasteiger partial charge in [0.1, 0.15) is 5.75 Å². The van der Waals surface area contributed by atoms with Crippen molar-refractivity contribution in [3.05, 3.63) is 59.2 Å². The molecule has 18 heavy (non-hydrogen) atoms. The topological polar surface area (TPSA) is 32.3 Å². The molecule has 0 bridgehead atoms. The highest BCUT2D eigenvalue weighted by Crippen LogP contribution is 2.25. The Morgan fingerprint density at radius 2 is 1.72 bits per heavy atom. The SMILES string of the molecule is Cc1cc(NC(C)c2ccccc2C)ccc1O. The number of hydrogen-bond acceptors (Lipinski definition) is 2. The average molecular weight is 241 g/mol. The molecule has 0 spiro atoms. The molecule has 2 aromatic rings. The van der Waals surface area contributed by atoms with E-state index in [0.717, 1.165) is 11.3 Å². The number of phenolic OH excluding ortho intramolecular Hbond substituents is 1. The summed E-state index contributed by atoms with van der Waals surface area (Å²) in [5.74, 6) is 0.337. The van der Waals surface area contributed by atoms with E-state index in [1.165, 1.54) is 11.1 Å². The minimum Gasteiger partial charge on any atom is -0.508 e. The van der Waals surface area contributed by atoms with Gasteiger partial charge in [0.15, 0.2) is 0 Å². The lowest BCUT2D eigenvalue weighted by Gasteiger charge is -2.18. The number of anilines is 1. The Kier molecular flexibility index (Phi) is 3.56. The summed E-state index contributed by atoms with van der Waals surface area (Å²) in [4.78, 5) is 0. The Hall–Kier alpha value is -1.96. The second-order valence-electron chi connectivity index (χ2n) is 4.72. The quantitative estimate of drug-likeness (QED) is 0.790. The summed E-state index contributed by atoms with van der Waals surface area (Å²) in [6.45, 7) is 6.17. The van der Waals surface area contributed by atoms with Gasteiger partial charge in [-0.2, -0.15) is 0 Å². The predicted octanol–water partition coefficient (Wildman–Crippen LogP) is 4.18. The normalized spacial score (nSPS) is 12.2. The fourth-order valence-corrected chi connectivity index (χ4v) is 2.15. The molecule has 1 unspecified atom stereocenters. The van der Waals surface area contributed by atoms with Gasteiger partial charge in [0, 0.05) is 11.7 Å². The van der Waals surface area contributed by atoms with Crippen molar-refractivity contribution in [2.45, 2.75) is 26.8 Å². The molecule has 0 aromatic heterocycles. The van der Waals surface area contributed by atoms with Crippen molar-refractivity contribution < 1.29 is 5.11 Å². The summed E-state index contributed by atoms with van der Waals surface area (Å²) < 4.78 is 0. The van der Waals surface area contributed by atoms with Crippen LogP contribution in [0.5, 0.6) is 5.75 Å². The summed E-state index contributed by atoms with van der Waals surface area (Å²) in [6.07, 6.45) is 0. The fourth-order valence-electron chi connectivity index (χ4n) is 2.15. The molecule has 0 heterocycles. The van der Waals surface area contributed by atoms with E-state index in [0.29, 0.717) is 5.75 Å². The van der Waals surface area contributed by atoms with Crippen LogP contribution >= 0.6 is 0 Å². The summed E-state index contributed by atoms with van der Waals surface area (Å²) in [5, 5.41) is 13.0. The highest BCUT2D eigenvalue weighted by atomic mass is 16.3. The third-order valence-corrected chi connectivity index (χ3v) is 3.23. The molecule has 2 nitrogen and oxygen atoms in total. The number of aryl methyl sites for hydroxylation is 2. The first-order chi connectivity index (χ1) is 8.58. The van der Waals surface area contributed by atoms with E-state index in [9.17, 15) is 5.11 Å². The molecule has 0 radical (unpaired) electrons. The first-order valence-corrected chi connectivity index (χ1v) is 6.19. The van der Waals surface area contributed by atoms with Crippen LogP contribution in [-0.4, -0.2) is 5.11 Å². The lowest BCUT2D eigenvalue weighted by atomic mass is 10.0. The maximum absolute atomic E-state index is 9.51. The van der Waals surface area contributed by atoms with Crippen LogP contribution in [0.2, 0.25) is 0 Å². The Balaban J connectivity index is 2.19. The van der Waals surface area contributed by atoms with Gasteiger partial charge in [-0.3, -0.25) is 0 Å². The van der Waals surface area contributed by atoms with Crippen LogP contribution in [0.15, 0.2) is 42.5 Å². The number of hydrogen-bond donors (Lipinski definition) is 2. The molecule has 0 amide bonds. The third-order valence-electron chi connectivity index (χ3n) is 3.23. The molecule has 2 rings (SSSR count). The Labute approximate surface area is 108 Å². The van der Waals surface area contributed by atoms with Crippen LogP contribution in [0.4, 0.5) is 5.69 Å². The van der Waals surface area contributed by atoms with Gasteiger partial charge >= 0.3 is 0 Å². The smallest absolute Gasteiger partial charge is 0.118 e. The van der Waals surface area contributed by atoms with E-state index in [-0.39, 0.29) is 6.04 Å². The molecule has 2 N–H and O–H groups in total. The van der Waals surface area contributed by atoms with Crippen LogP contribution < -0.4 is 5.32 Å². The molecular formula is C16H19NO. The zero-order chi connectivity index (χ0) is 13.1. The molecular weight excluding hydrogens is 222 g/mol. The minimum atomic E-state index is 0.246. The molecule has 0 fully saturated rings. The molecule has 0 saturated heterocycles. The maximum Gasteiger partial charge on any atom is 0.118 e. The summed E-state index contributed by atoms with van der Waals surface area (Å²) >= 11 is 0. The molecule has 0 aliphatic rings. The second kappa shape index (κ2) is 5.13. The van der Waals surface area contributed by atoms with E-state index in [2.05, 4.69) is 43.4 Å². The first-order valence-electron chi connectivity index (χ1n) is 6.19. The van der Waals surface area contributed by atoms with Crippen molar-refractivity contribution in [3.63, 3.8) is 0 Å². The van der Waals surface area contributed by atoms with Gasteiger partial charge in [0.25, 0.3) is 0 Å². The van der Waals surface area contributed by atoms with E-state index in [4.69, 9.17) is 0 Å². The molecule has 0 aliphatic carbocycles. The predicted molar refractivity (Wildman–Crippen MR) is 76.1 cm³/mol. The maximum atomic E-state index is 9.51. The highest BCUT2D eigenvalue weighted by molar-refractivity contribution is 5.52. The molecule has 94 valence electrons. The molecule has 2 heteroatoms. The van der Waals surface area contributed by atoms with Crippen LogP contribution in [0.3, 0.4) is 0 Å². The largest absolute Gasteiger partial charge is 0.508 e. The third kappa shape index (κ3) is 2.65. The highest BCUT2D eigenvalue weighted by Gasteiger charge is 2.08. The molecule has 0 saturated carbocycles. The van der Waals surface area contributed by atoms with E-state index >= 15 is 0 Å². The van der Waals surface area contributed by atoms with Crippen molar-refractivity contribution in [1.29, 1.82) is 0 Å². The van der Waals surface area contributed by atoms with Gasteiger partial charge < -0.3 is 10.4 Å². The van der Waals surface area contributed by atoms with Crippen molar-refractivity contribution in [2.24, 2.45) is 0 Å². The van der Waals surface area contributed by atoms with Gasteiger partial charge in [-0.05, 0) is 55.7 Å². The number of phenols is 1. The zero-order valence-electron chi connectivity index (χ0n) is 11.1. The van der Waals surface area contributed by atoms with Gasteiger partial charge in [0.05, 0.1) is 0 Å². The van der Waals surface area contributed by atoms with Crippen LogP contribution in [0.1, 0.15) is 29.7 Å². The van der Waals surface area contributed by atoms with Gasteiger partial charge in [-0.25, -0.2) is 0 Å². The monoisotopic (exact) mass is 241 g/mol. The fraction of sp³-hybridized carbons (Fsp3) is 0.250. The van der Waals surface area contributed by atoms with Crippen LogP contribution in [0, 0.1) is 13.8 Å². The van der Waals surface area contributed by atoms with E-state index in [1.54, 1.807) is 6.07 Å². The van der Waals surface area contributed by atoms with E-state index < -0.39 is 0 Å². The van der Waals surface area contributed by atoms with Gasteiger partial charge in [0.2, 0.25) is 0 Å². The first kappa shape index (κ1) is 12.5. The average Bonchev–Trinajstić information content (AvgIpc) is 2.34. The molecule has 0 aliphatic heterocycles. The Morgan fingerprint density at radius 3 is 2.39 bits per heavy atom.